The monoisotopic (exact) mass is 523 g/mol. The van der Waals surface area contributed by atoms with Gasteiger partial charge in [0.2, 0.25) is 21.8 Å². The number of benzene rings is 2. The van der Waals surface area contributed by atoms with Crippen molar-refractivity contribution in [2.45, 2.75) is 39.8 Å². The van der Waals surface area contributed by atoms with Crippen LogP contribution in [0.2, 0.25) is 0 Å². The number of nitrogens with one attached hydrogen (secondary N) is 1. The van der Waals surface area contributed by atoms with Crippen LogP contribution >= 0.6 is 15.9 Å². The van der Waals surface area contributed by atoms with Crippen LogP contribution in [0, 0.1) is 6.92 Å². The van der Waals surface area contributed by atoms with Gasteiger partial charge in [-0.1, -0.05) is 48.9 Å². The molecule has 2 amide bonds. The lowest BCUT2D eigenvalue weighted by molar-refractivity contribution is -0.140. The molecule has 0 aliphatic carbocycles. The van der Waals surface area contributed by atoms with E-state index in [1.54, 1.807) is 24.3 Å². The fourth-order valence-electron chi connectivity index (χ4n) is 3.47. The molecule has 32 heavy (non-hydrogen) atoms. The van der Waals surface area contributed by atoms with E-state index in [0.29, 0.717) is 23.1 Å². The van der Waals surface area contributed by atoms with Gasteiger partial charge in [-0.25, -0.2) is 8.42 Å². The molecule has 0 aliphatic rings. The molecule has 0 spiro atoms. The van der Waals surface area contributed by atoms with Crippen LogP contribution in [0.1, 0.15) is 31.4 Å². The zero-order valence-electron chi connectivity index (χ0n) is 18.8. The van der Waals surface area contributed by atoms with Gasteiger partial charge in [-0.15, -0.1) is 0 Å². The predicted octanol–water partition coefficient (Wildman–Crippen LogP) is 3.47. The molecule has 0 bridgehead atoms. The van der Waals surface area contributed by atoms with E-state index in [-0.39, 0.29) is 12.5 Å². The number of anilines is 1. The zero-order valence-corrected chi connectivity index (χ0v) is 21.2. The van der Waals surface area contributed by atoms with E-state index in [2.05, 4.69) is 21.2 Å². The van der Waals surface area contributed by atoms with E-state index in [1.165, 1.54) is 4.90 Å². The van der Waals surface area contributed by atoms with Crippen LogP contribution < -0.4 is 9.62 Å². The first-order valence-corrected chi connectivity index (χ1v) is 13.1. The number of nitrogens with zero attached hydrogens (tertiary/aromatic N) is 2. The van der Waals surface area contributed by atoms with E-state index < -0.39 is 28.5 Å². The van der Waals surface area contributed by atoms with E-state index in [1.807, 2.05) is 45.0 Å². The summed E-state index contributed by atoms with van der Waals surface area (Å²) in [6.45, 7) is 5.82. The molecule has 0 aromatic heterocycles. The van der Waals surface area contributed by atoms with Gasteiger partial charge in [0.25, 0.3) is 0 Å². The Morgan fingerprint density at radius 3 is 2.34 bits per heavy atom. The quantitative estimate of drug-likeness (QED) is 0.516. The summed E-state index contributed by atoms with van der Waals surface area (Å²) in [4.78, 5) is 27.7. The zero-order chi connectivity index (χ0) is 23.9. The van der Waals surface area contributed by atoms with Gasteiger partial charge in [0, 0.05) is 17.6 Å². The van der Waals surface area contributed by atoms with E-state index in [0.717, 1.165) is 21.7 Å². The summed E-state index contributed by atoms with van der Waals surface area (Å²) in [5.41, 5.74) is 2.27. The average Bonchev–Trinajstić information content (AvgIpc) is 2.72. The van der Waals surface area contributed by atoms with Crippen LogP contribution in [0.15, 0.2) is 53.0 Å². The standard InChI is InChI=1S/C23H30BrN3O4S/c1-5-20(23(29)25-6-2)26(15-18-11-9-10-17(3)14-18)22(28)16-27(32(4,30)31)21-13-8-7-12-19(21)24/h7-14,20H,5-6,15-16H2,1-4H3,(H,25,29)/t20-/m1/s1. The summed E-state index contributed by atoms with van der Waals surface area (Å²) in [5.74, 6) is -0.714. The summed E-state index contributed by atoms with van der Waals surface area (Å²) in [7, 11) is -3.76. The molecule has 0 saturated carbocycles. The number of hydrogen-bond acceptors (Lipinski definition) is 4. The molecule has 0 fully saturated rings. The third kappa shape index (κ3) is 6.80. The molecule has 9 heteroatoms. The van der Waals surface area contributed by atoms with Crippen LogP contribution in [0.25, 0.3) is 0 Å². The molecule has 0 radical (unpaired) electrons. The van der Waals surface area contributed by atoms with Crippen molar-refractivity contribution in [2.75, 3.05) is 23.7 Å². The number of sulfonamides is 1. The SMILES string of the molecule is CCNC(=O)[C@@H](CC)N(Cc1cccc(C)c1)C(=O)CN(c1ccccc1Br)S(C)(=O)=O. The third-order valence-electron chi connectivity index (χ3n) is 4.97. The first-order valence-electron chi connectivity index (χ1n) is 10.4. The minimum atomic E-state index is -3.76. The van der Waals surface area contributed by atoms with Gasteiger partial charge in [-0.2, -0.15) is 0 Å². The highest BCUT2D eigenvalue weighted by atomic mass is 79.9. The van der Waals surface area contributed by atoms with Crippen LogP contribution in [-0.4, -0.2) is 50.5 Å². The van der Waals surface area contributed by atoms with Crippen LogP contribution in [0.3, 0.4) is 0 Å². The van der Waals surface area contributed by atoms with E-state index >= 15 is 0 Å². The number of carbonyl (C=O) groups is 2. The molecule has 0 unspecified atom stereocenters. The second-order valence-corrected chi connectivity index (χ2v) is 10.3. The average molecular weight is 524 g/mol. The Balaban J connectivity index is 2.45. The number of rotatable bonds is 10. The lowest BCUT2D eigenvalue weighted by Crippen LogP contribution is -2.52. The Bertz CT molecular complexity index is 1060. The summed E-state index contributed by atoms with van der Waals surface area (Å²) in [5, 5.41) is 2.78. The Morgan fingerprint density at radius 2 is 1.78 bits per heavy atom. The first kappa shape index (κ1) is 25.9. The van der Waals surface area contributed by atoms with Crippen LogP contribution in [-0.2, 0) is 26.2 Å². The van der Waals surface area contributed by atoms with Gasteiger partial charge in [0.05, 0.1) is 11.9 Å². The smallest absolute Gasteiger partial charge is 0.244 e. The molecule has 0 saturated heterocycles. The molecule has 1 N–H and O–H groups in total. The van der Waals surface area contributed by atoms with Crippen molar-refractivity contribution in [1.82, 2.24) is 10.2 Å². The molecular formula is C23H30BrN3O4S. The Labute approximate surface area is 199 Å². The van der Waals surface area contributed by atoms with Crippen molar-refractivity contribution in [3.05, 3.63) is 64.1 Å². The van der Waals surface area contributed by atoms with Gasteiger partial charge in [0.1, 0.15) is 12.6 Å². The molecule has 2 aromatic carbocycles. The maximum absolute atomic E-state index is 13.5. The van der Waals surface area contributed by atoms with E-state index in [9.17, 15) is 18.0 Å². The predicted molar refractivity (Wildman–Crippen MR) is 131 cm³/mol. The Morgan fingerprint density at radius 1 is 1.09 bits per heavy atom. The highest BCUT2D eigenvalue weighted by molar-refractivity contribution is 9.10. The first-order chi connectivity index (χ1) is 15.1. The fraction of sp³-hybridized carbons (Fsp3) is 0.391. The summed E-state index contributed by atoms with van der Waals surface area (Å²) in [6, 6.07) is 13.8. The van der Waals surface area contributed by atoms with Gasteiger partial charge < -0.3 is 10.2 Å². The van der Waals surface area contributed by atoms with Crippen molar-refractivity contribution in [1.29, 1.82) is 0 Å². The molecule has 2 aromatic rings. The van der Waals surface area contributed by atoms with Gasteiger partial charge in [-0.3, -0.25) is 13.9 Å². The van der Waals surface area contributed by atoms with Crippen molar-refractivity contribution in [3.63, 3.8) is 0 Å². The molecular weight excluding hydrogens is 494 g/mol. The normalized spacial score (nSPS) is 12.2. The van der Waals surface area contributed by atoms with Crippen molar-refractivity contribution < 1.29 is 18.0 Å². The highest BCUT2D eigenvalue weighted by Gasteiger charge is 2.32. The summed E-state index contributed by atoms with van der Waals surface area (Å²) in [6.07, 6.45) is 1.46. The highest BCUT2D eigenvalue weighted by Crippen LogP contribution is 2.28. The lowest BCUT2D eigenvalue weighted by Gasteiger charge is -2.33. The van der Waals surface area contributed by atoms with Crippen molar-refractivity contribution in [3.8, 4) is 0 Å². The Kier molecular flexibility index (Phi) is 9.27. The van der Waals surface area contributed by atoms with Gasteiger partial charge in [-0.05, 0) is 53.9 Å². The molecule has 2 rings (SSSR count). The van der Waals surface area contributed by atoms with Crippen molar-refractivity contribution in [2.24, 2.45) is 0 Å². The van der Waals surface area contributed by atoms with E-state index in [4.69, 9.17) is 0 Å². The number of aryl methyl sites for hydroxylation is 1. The molecule has 0 heterocycles. The Hall–Kier alpha value is -2.39. The number of halogens is 1. The maximum atomic E-state index is 13.5. The van der Waals surface area contributed by atoms with Crippen LogP contribution in [0.5, 0.6) is 0 Å². The molecule has 174 valence electrons. The molecule has 0 aliphatic heterocycles. The lowest BCUT2D eigenvalue weighted by atomic mass is 10.1. The number of hydrogen-bond donors (Lipinski definition) is 1. The summed E-state index contributed by atoms with van der Waals surface area (Å²) < 4.78 is 26.8. The minimum Gasteiger partial charge on any atom is -0.355 e. The maximum Gasteiger partial charge on any atom is 0.244 e. The summed E-state index contributed by atoms with van der Waals surface area (Å²) >= 11 is 3.37. The second-order valence-electron chi connectivity index (χ2n) is 7.55. The van der Waals surface area contributed by atoms with Gasteiger partial charge >= 0.3 is 0 Å². The van der Waals surface area contributed by atoms with Gasteiger partial charge in [0.15, 0.2) is 0 Å². The number of para-hydroxylation sites is 1. The number of carbonyl (C=O) groups excluding carboxylic acids is 2. The third-order valence-corrected chi connectivity index (χ3v) is 6.77. The molecule has 7 nitrogen and oxygen atoms in total. The molecule has 1 atom stereocenters. The van der Waals surface area contributed by atoms with Crippen molar-refractivity contribution >= 4 is 43.5 Å². The fourth-order valence-corrected chi connectivity index (χ4v) is 4.95. The number of likely N-dealkylation sites (N-methyl/N-ethyl adjacent to an activating group) is 1. The minimum absolute atomic E-state index is 0.198. The largest absolute Gasteiger partial charge is 0.355 e. The second kappa shape index (κ2) is 11.5. The van der Waals surface area contributed by atoms with Crippen LogP contribution in [0.4, 0.5) is 5.69 Å². The number of amides is 2. The topological polar surface area (TPSA) is 86.8 Å².